The Morgan fingerprint density at radius 3 is 2.48 bits per heavy atom. The van der Waals surface area contributed by atoms with Crippen molar-refractivity contribution in [3.8, 4) is 5.75 Å². The molecule has 1 N–H and O–H groups in total. The molecular formula is C23H28N2O2. The second-order valence-corrected chi connectivity index (χ2v) is 7.44. The Hall–Kier alpha value is -2.75. The summed E-state index contributed by atoms with van der Waals surface area (Å²) in [5.41, 5.74) is 3.47. The van der Waals surface area contributed by atoms with Crippen LogP contribution in [0.3, 0.4) is 0 Å². The van der Waals surface area contributed by atoms with Crippen molar-refractivity contribution in [2.24, 2.45) is 13.0 Å². The average Bonchev–Trinajstić information content (AvgIpc) is 3.01. The first kappa shape index (κ1) is 19.0. The van der Waals surface area contributed by atoms with Gasteiger partial charge in [-0.15, -0.1) is 0 Å². The number of nitrogens with one attached hydrogen (secondary N) is 1. The molecule has 0 bridgehead atoms. The largest absolute Gasteiger partial charge is 0.497 e. The third kappa shape index (κ3) is 4.33. The molecule has 1 heterocycles. The minimum absolute atomic E-state index is 0.00540. The first-order valence-electron chi connectivity index (χ1n) is 9.44. The molecule has 2 aromatic carbocycles. The molecule has 3 rings (SSSR count). The van der Waals surface area contributed by atoms with Crippen molar-refractivity contribution in [2.45, 2.75) is 26.2 Å². The number of hydrogen-bond donors (Lipinski definition) is 1. The summed E-state index contributed by atoms with van der Waals surface area (Å²) in [6.45, 7) is 4.90. The lowest BCUT2D eigenvalue weighted by molar-refractivity contribution is -0.121. The van der Waals surface area contributed by atoms with Crippen LogP contribution in [0, 0.1) is 5.92 Å². The van der Waals surface area contributed by atoms with Crippen LogP contribution in [0.25, 0.3) is 10.9 Å². The highest BCUT2D eigenvalue weighted by atomic mass is 16.5. The number of methoxy groups -OCH3 is 1. The lowest BCUT2D eigenvalue weighted by atomic mass is 9.88. The van der Waals surface area contributed by atoms with E-state index < -0.39 is 0 Å². The topological polar surface area (TPSA) is 43.3 Å². The summed E-state index contributed by atoms with van der Waals surface area (Å²) in [4.78, 5) is 12.6. The summed E-state index contributed by atoms with van der Waals surface area (Å²) in [7, 11) is 3.71. The Morgan fingerprint density at radius 2 is 1.81 bits per heavy atom. The highest BCUT2D eigenvalue weighted by molar-refractivity contribution is 5.86. The Morgan fingerprint density at radius 1 is 1.11 bits per heavy atom. The van der Waals surface area contributed by atoms with E-state index in [1.165, 1.54) is 16.5 Å². The first-order valence-corrected chi connectivity index (χ1v) is 9.44. The number of para-hydroxylation sites is 1. The third-order valence-electron chi connectivity index (χ3n) is 4.92. The maximum absolute atomic E-state index is 12.6. The minimum atomic E-state index is -0.00540. The van der Waals surface area contributed by atoms with E-state index in [1.807, 2.05) is 18.2 Å². The molecule has 0 fully saturated rings. The van der Waals surface area contributed by atoms with Crippen LogP contribution >= 0.6 is 0 Å². The van der Waals surface area contributed by atoms with Gasteiger partial charge in [-0.25, -0.2) is 0 Å². The van der Waals surface area contributed by atoms with Crippen LogP contribution in [0.4, 0.5) is 0 Å². The molecule has 4 heteroatoms. The SMILES string of the molecule is COc1ccc(C(CC(=O)NCC(C)C)c2cn(C)c3ccccc23)cc1. The van der Waals surface area contributed by atoms with Crippen molar-refractivity contribution in [3.05, 3.63) is 65.9 Å². The van der Waals surface area contributed by atoms with Gasteiger partial charge in [0.1, 0.15) is 5.75 Å². The molecule has 1 aromatic heterocycles. The Balaban J connectivity index is 1.99. The molecule has 142 valence electrons. The average molecular weight is 364 g/mol. The van der Waals surface area contributed by atoms with Crippen molar-refractivity contribution in [3.63, 3.8) is 0 Å². The summed E-state index contributed by atoms with van der Waals surface area (Å²) in [6, 6.07) is 16.4. The molecule has 0 aliphatic heterocycles. The molecule has 3 aromatic rings. The zero-order chi connectivity index (χ0) is 19.4. The molecule has 0 saturated heterocycles. The third-order valence-corrected chi connectivity index (χ3v) is 4.92. The highest BCUT2D eigenvalue weighted by Crippen LogP contribution is 2.35. The van der Waals surface area contributed by atoms with Crippen molar-refractivity contribution in [1.29, 1.82) is 0 Å². The maximum atomic E-state index is 12.6. The van der Waals surface area contributed by atoms with Crippen molar-refractivity contribution in [2.75, 3.05) is 13.7 Å². The number of fused-ring (bicyclic) bond motifs is 1. The molecule has 0 aliphatic carbocycles. The monoisotopic (exact) mass is 364 g/mol. The molecule has 0 radical (unpaired) electrons. The smallest absolute Gasteiger partial charge is 0.220 e. The van der Waals surface area contributed by atoms with Gasteiger partial charge in [-0.1, -0.05) is 44.2 Å². The van der Waals surface area contributed by atoms with Gasteiger partial charge in [0.25, 0.3) is 0 Å². The molecule has 1 unspecified atom stereocenters. The van der Waals surface area contributed by atoms with E-state index in [-0.39, 0.29) is 11.8 Å². The van der Waals surface area contributed by atoms with Crippen LogP contribution in [-0.4, -0.2) is 24.1 Å². The number of hydrogen-bond acceptors (Lipinski definition) is 2. The standard InChI is InChI=1S/C23H28N2O2/c1-16(2)14-24-23(26)13-20(17-9-11-18(27-4)12-10-17)21-15-25(3)22-8-6-5-7-19(21)22/h5-12,15-16,20H,13-14H2,1-4H3,(H,24,26). The molecule has 27 heavy (non-hydrogen) atoms. The number of aryl methyl sites for hydroxylation is 1. The summed E-state index contributed by atoms with van der Waals surface area (Å²) < 4.78 is 7.42. The number of rotatable bonds is 7. The summed E-state index contributed by atoms with van der Waals surface area (Å²) >= 11 is 0. The zero-order valence-corrected chi connectivity index (χ0v) is 16.5. The van der Waals surface area contributed by atoms with Gasteiger partial charge in [0, 0.05) is 43.0 Å². The number of amides is 1. The van der Waals surface area contributed by atoms with Gasteiger partial charge in [0.15, 0.2) is 0 Å². The number of benzene rings is 2. The molecular weight excluding hydrogens is 336 g/mol. The van der Waals surface area contributed by atoms with E-state index in [0.29, 0.717) is 18.9 Å². The summed E-state index contributed by atoms with van der Waals surface area (Å²) in [5.74, 6) is 1.33. The van der Waals surface area contributed by atoms with Crippen LogP contribution in [0.2, 0.25) is 0 Å². The Bertz CT molecular complexity index is 910. The fourth-order valence-electron chi connectivity index (χ4n) is 3.47. The number of ether oxygens (including phenoxy) is 1. The second kappa shape index (κ2) is 8.30. The predicted molar refractivity (Wildman–Crippen MR) is 110 cm³/mol. The van der Waals surface area contributed by atoms with Crippen LogP contribution < -0.4 is 10.1 Å². The Labute approximate surface area is 161 Å². The van der Waals surface area contributed by atoms with E-state index >= 15 is 0 Å². The molecule has 4 nitrogen and oxygen atoms in total. The van der Waals surface area contributed by atoms with E-state index in [2.05, 4.69) is 67.3 Å². The fraction of sp³-hybridized carbons (Fsp3) is 0.348. The van der Waals surface area contributed by atoms with Gasteiger partial charge >= 0.3 is 0 Å². The molecule has 0 saturated carbocycles. The number of carbonyl (C=O) groups is 1. The van der Waals surface area contributed by atoms with Gasteiger partial charge in [-0.2, -0.15) is 0 Å². The van der Waals surface area contributed by atoms with E-state index in [0.717, 1.165) is 11.3 Å². The van der Waals surface area contributed by atoms with Crippen LogP contribution in [0.5, 0.6) is 5.75 Å². The van der Waals surface area contributed by atoms with Gasteiger partial charge in [0.05, 0.1) is 7.11 Å². The Kier molecular flexibility index (Phi) is 5.84. The van der Waals surface area contributed by atoms with E-state index in [1.54, 1.807) is 7.11 Å². The highest BCUT2D eigenvalue weighted by Gasteiger charge is 2.22. The van der Waals surface area contributed by atoms with Crippen molar-refractivity contribution >= 4 is 16.8 Å². The van der Waals surface area contributed by atoms with Gasteiger partial charge in [0.2, 0.25) is 5.91 Å². The van der Waals surface area contributed by atoms with Crippen molar-refractivity contribution in [1.82, 2.24) is 9.88 Å². The number of carbonyl (C=O) groups excluding carboxylic acids is 1. The maximum Gasteiger partial charge on any atom is 0.220 e. The molecule has 0 spiro atoms. The summed E-state index contributed by atoms with van der Waals surface area (Å²) in [5, 5.41) is 4.25. The zero-order valence-electron chi connectivity index (χ0n) is 16.5. The fourth-order valence-corrected chi connectivity index (χ4v) is 3.47. The quantitative estimate of drug-likeness (QED) is 0.672. The number of nitrogens with zero attached hydrogens (tertiary/aromatic N) is 1. The normalized spacial score (nSPS) is 12.3. The van der Waals surface area contributed by atoms with Crippen LogP contribution in [0.15, 0.2) is 54.7 Å². The lowest BCUT2D eigenvalue weighted by Crippen LogP contribution is -2.28. The van der Waals surface area contributed by atoms with Gasteiger partial charge < -0.3 is 14.6 Å². The molecule has 1 atom stereocenters. The van der Waals surface area contributed by atoms with E-state index in [9.17, 15) is 4.79 Å². The van der Waals surface area contributed by atoms with Gasteiger partial charge in [-0.3, -0.25) is 4.79 Å². The predicted octanol–water partition coefficient (Wildman–Crippen LogP) is 4.48. The summed E-state index contributed by atoms with van der Waals surface area (Å²) in [6.07, 6.45) is 2.57. The number of aromatic nitrogens is 1. The van der Waals surface area contributed by atoms with Crippen LogP contribution in [0.1, 0.15) is 37.3 Å². The lowest BCUT2D eigenvalue weighted by Gasteiger charge is -2.18. The van der Waals surface area contributed by atoms with Gasteiger partial charge in [-0.05, 0) is 35.2 Å². The molecule has 1 amide bonds. The van der Waals surface area contributed by atoms with Crippen LogP contribution in [-0.2, 0) is 11.8 Å². The second-order valence-electron chi connectivity index (χ2n) is 7.44. The first-order chi connectivity index (χ1) is 13.0. The van der Waals surface area contributed by atoms with E-state index in [4.69, 9.17) is 4.74 Å². The molecule has 0 aliphatic rings. The minimum Gasteiger partial charge on any atom is -0.497 e. The van der Waals surface area contributed by atoms with Crippen molar-refractivity contribution < 1.29 is 9.53 Å².